The van der Waals surface area contributed by atoms with Crippen molar-refractivity contribution < 1.29 is 5.11 Å². The van der Waals surface area contributed by atoms with Gasteiger partial charge in [0.05, 0.1) is 22.5 Å². The van der Waals surface area contributed by atoms with Gasteiger partial charge in [0, 0.05) is 41.2 Å². The maximum Gasteiger partial charge on any atom is 0.0966 e. The lowest BCUT2D eigenvalue weighted by Crippen LogP contribution is -2.06. The van der Waals surface area contributed by atoms with Crippen LogP contribution in [0.25, 0.3) is 10.9 Å². The minimum absolute atomic E-state index is 0.475. The van der Waals surface area contributed by atoms with Crippen molar-refractivity contribution in [1.29, 1.82) is 0 Å². The summed E-state index contributed by atoms with van der Waals surface area (Å²) in [5, 5.41) is 19.0. The molecular formula is C26H27ClN4O. The van der Waals surface area contributed by atoms with E-state index in [1.54, 1.807) is 6.20 Å². The van der Waals surface area contributed by atoms with Gasteiger partial charge in [-0.2, -0.15) is 0 Å². The van der Waals surface area contributed by atoms with Crippen LogP contribution in [0.2, 0.25) is 5.02 Å². The average molecular weight is 447 g/mol. The van der Waals surface area contributed by atoms with Crippen molar-refractivity contribution in [2.24, 2.45) is 0 Å². The van der Waals surface area contributed by atoms with E-state index in [4.69, 9.17) is 11.6 Å². The molecule has 2 aromatic carbocycles. The largest absolute Gasteiger partial charge is 0.387 e. The standard InChI is InChI=1S/C26H27ClN4O/c1-15-4-3-5-18-17(14-30-25(15)18)8-10-28-22-13-20(27)23(12-16(22)2)31-21-9-11-29-26-19(21)6-7-24(26)32/h3-5,9,11-14,24,28,30,32H,6-8,10H2,1-2H3,(H,29,31). The molecule has 4 N–H and O–H groups in total. The number of aryl methyl sites for hydroxylation is 2. The lowest BCUT2D eigenvalue weighted by atomic mass is 10.1. The number of fused-ring (bicyclic) bond motifs is 2. The molecule has 1 unspecified atom stereocenters. The zero-order valence-corrected chi connectivity index (χ0v) is 19.1. The molecule has 4 aromatic rings. The van der Waals surface area contributed by atoms with Crippen LogP contribution >= 0.6 is 11.6 Å². The Labute approximate surface area is 192 Å². The number of pyridine rings is 1. The van der Waals surface area contributed by atoms with E-state index in [-0.39, 0.29) is 0 Å². The molecule has 0 radical (unpaired) electrons. The van der Waals surface area contributed by atoms with Crippen molar-refractivity contribution in [1.82, 2.24) is 9.97 Å². The van der Waals surface area contributed by atoms with Gasteiger partial charge in [0.2, 0.25) is 0 Å². The smallest absolute Gasteiger partial charge is 0.0966 e. The van der Waals surface area contributed by atoms with E-state index in [9.17, 15) is 5.11 Å². The maximum absolute atomic E-state index is 10.1. The van der Waals surface area contributed by atoms with Gasteiger partial charge in [0.1, 0.15) is 0 Å². The fraction of sp³-hybridized carbons (Fsp3) is 0.269. The molecule has 5 rings (SSSR count). The molecule has 1 aliphatic carbocycles. The first-order valence-electron chi connectivity index (χ1n) is 11.0. The summed E-state index contributed by atoms with van der Waals surface area (Å²) in [4.78, 5) is 7.74. The minimum atomic E-state index is -0.475. The Morgan fingerprint density at radius 2 is 2.00 bits per heavy atom. The second-order valence-corrected chi connectivity index (χ2v) is 8.94. The average Bonchev–Trinajstić information content (AvgIpc) is 3.37. The van der Waals surface area contributed by atoms with Gasteiger partial charge < -0.3 is 20.7 Å². The quantitative estimate of drug-likeness (QED) is 0.284. The van der Waals surface area contributed by atoms with Crippen molar-refractivity contribution in [3.63, 3.8) is 0 Å². The zero-order valence-electron chi connectivity index (χ0n) is 18.3. The van der Waals surface area contributed by atoms with Crippen LogP contribution in [0, 0.1) is 13.8 Å². The number of nitrogens with one attached hydrogen (secondary N) is 3. The number of H-pyrrole nitrogens is 1. The second-order valence-electron chi connectivity index (χ2n) is 8.54. The molecule has 0 amide bonds. The summed E-state index contributed by atoms with van der Waals surface area (Å²) in [5.41, 5.74) is 9.61. The van der Waals surface area contributed by atoms with Gasteiger partial charge in [-0.05, 0) is 73.6 Å². The topological polar surface area (TPSA) is 73.0 Å². The Hall–Kier alpha value is -3.02. The lowest BCUT2D eigenvalue weighted by Gasteiger charge is -2.16. The highest BCUT2D eigenvalue weighted by Gasteiger charge is 2.24. The molecule has 5 nitrogen and oxygen atoms in total. The van der Waals surface area contributed by atoms with Gasteiger partial charge in [0.15, 0.2) is 0 Å². The maximum atomic E-state index is 10.1. The van der Waals surface area contributed by atoms with Crippen LogP contribution < -0.4 is 10.6 Å². The third kappa shape index (κ3) is 3.83. The first-order chi connectivity index (χ1) is 15.5. The molecule has 164 valence electrons. The van der Waals surface area contributed by atoms with Crippen molar-refractivity contribution >= 4 is 39.6 Å². The highest BCUT2D eigenvalue weighted by atomic mass is 35.5. The number of aliphatic hydroxyl groups excluding tert-OH is 1. The first kappa shape index (κ1) is 20.9. The Morgan fingerprint density at radius 3 is 2.88 bits per heavy atom. The summed E-state index contributed by atoms with van der Waals surface area (Å²) in [5.74, 6) is 0. The van der Waals surface area contributed by atoms with Crippen LogP contribution in [0.1, 0.15) is 40.5 Å². The number of anilines is 3. The van der Waals surface area contributed by atoms with Gasteiger partial charge in [-0.25, -0.2) is 0 Å². The molecule has 0 fully saturated rings. The van der Waals surface area contributed by atoms with Crippen LogP contribution in [-0.4, -0.2) is 21.6 Å². The van der Waals surface area contributed by atoms with E-state index in [0.29, 0.717) is 11.4 Å². The van der Waals surface area contributed by atoms with Gasteiger partial charge in [-0.3, -0.25) is 4.98 Å². The van der Waals surface area contributed by atoms with E-state index >= 15 is 0 Å². The molecule has 0 saturated heterocycles. The van der Waals surface area contributed by atoms with Crippen molar-refractivity contribution in [2.45, 2.75) is 39.2 Å². The van der Waals surface area contributed by atoms with Crippen LogP contribution in [0.5, 0.6) is 0 Å². The number of aromatic nitrogens is 2. The fourth-order valence-electron chi connectivity index (χ4n) is 4.61. The third-order valence-corrected chi connectivity index (χ3v) is 6.69. The molecule has 2 heterocycles. The lowest BCUT2D eigenvalue weighted by molar-refractivity contribution is 0.176. The highest BCUT2D eigenvalue weighted by molar-refractivity contribution is 6.33. The molecule has 2 aromatic heterocycles. The van der Waals surface area contributed by atoms with Gasteiger partial charge >= 0.3 is 0 Å². The molecule has 1 atom stereocenters. The van der Waals surface area contributed by atoms with E-state index in [1.165, 1.54) is 22.0 Å². The van der Waals surface area contributed by atoms with Crippen LogP contribution in [0.15, 0.2) is 48.8 Å². The van der Waals surface area contributed by atoms with E-state index < -0.39 is 6.10 Å². The number of halogens is 1. The monoisotopic (exact) mass is 446 g/mol. The summed E-state index contributed by atoms with van der Waals surface area (Å²) in [6, 6.07) is 12.4. The molecule has 0 aliphatic heterocycles. The highest BCUT2D eigenvalue weighted by Crippen LogP contribution is 2.37. The Kier molecular flexibility index (Phi) is 5.53. The van der Waals surface area contributed by atoms with Crippen molar-refractivity contribution in [3.05, 3.63) is 81.8 Å². The summed E-state index contributed by atoms with van der Waals surface area (Å²) in [6.45, 7) is 5.03. The molecule has 6 heteroatoms. The second kappa shape index (κ2) is 8.49. The first-order valence-corrected chi connectivity index (χ1v) is 11.4. The van der Waals surface area contributed by atoms with Crippen molar-refractivity contribution in [3.8, 4) is 0 Å². The van der Waals surface area contributed by atoms with Crippen LogP contribution in [-0.2, 0) is 12.8 Å². The Balaban J connectivity index is 1.30. The summed E-state index contributed by atoms with van der Waals surface area (Å²) in [7, 11) is 0. The number of aliphatic hydroxyl groups is 1. The van der Waals surface area contributed by atoms with Gasteiger partial charge in [-0.15, -0.1) is 0 Å². The molecule has 1 aliphatic rings. The number of para-hydroxylation sites is 1. The predicted molar refractivity (Wildman–Crippen MR) is 132 cm³/mol. The van der Waals surface area contributed by atoms with Crippen LogP contribution in [0.3, 0.4) is 0 Å². The van der Waals surface area contributed by atoms with E-state index in [2.05, 4.69) is 64.9 Å². The Bertz CT molecular complexity index is 1300. The number of aromatic amines is 1. The SMILES string of the molecule is Cc1cc(Nc2ccnc3c2CCC3O)c(Cl)cc1NCCc1c[nH]c2c(C)cccc12. The fourth-order valence-corrected chi connectivity index (χ4v) is 4.82. The van der Waals surface area contributed by atoms with E-state index in [0.717, 1.165) is 53.3 Å². The molecule has 32 heavy (non-hydrogen) atoms. The minimum Gasteiger partial charge on any atom is -0.387 e. The molecule has 0 spiro atoms. The summed E-state index contributed by atoms with van der Waals surface area (Å²) < 4.78 is 0. The van der Waals surface area contributed by atoms with Gasteiger partial charge in [-0.1, -0.05) is 29.8 Å². The summed E-state index contributed by atoms with van der Waals surface area (Å²) in [6.07, 6.45) is 5.82. The number of hydrogen-bond acceptors (Lipinski definition) is 4. The summed E-state index contributed by atoms with van der Waals surface area (Å²) >= 11 is 6.63. The third-order valence-electron chi connectivity index (χ3n) is 6.38. The molecule has 0 bridgehead atoms. The number of benzene rings is 2. The van der Waals surface area contributed by atoms with E-state index in [1.807, 2.05) is 12.1 Å². The normalized spacial score (nSPS) is 15.2. The van der Waals surface area contributed by atoms with Crippen molar-refractivity contribution in [2.75, 3.05) is 17.2 Å². The number of hydrogen-bond donors (Lipinski definition) is 4. The molecule has 0 saturated carbocycles. The zero-order chi connectivity index (χ0) is 22.2. The number of rotatable bonds is 6. The Morgan fingerprint density at radius 1 is 1.12 bits per heavy atom. The van der Waals surface area contributed by atoms with Gasteiger partial charge in [0.25, 0.3) is 0 Å². The molecular weight excluding hydrogens is 420 g/mol. The number of nitrogens with zero attached hydrogens (tertiary/aromatic N) is 1. The predicted octanol–water partition coefficient (Wildman–Crippen LogP) is 6.21. The van der Waals surface area contributed by atoms with Crippen LogP contribution in [0.4, 0.5) is 17.1 Å².